The van der Waals surface area contributed by atoms with Gasteiger partial charge in [-0.05, 0) is 70.1 Å². The van der Waals surface area contributed by atoms with Gasteiger partial charge in [-0.15, -0.1) is 11.6 Å². The molecule has 0 amide bonds. The Balaban J connectivity index is 0.000000168. The molecule has 1 unspecified atom stereocenters. The molecule has 4 rings (SSSR count). The fraction of sp³-hybridized carbons (Fsp3) is 0.385. The highest BCUT2D eigenvalue weighted by atomic mass is 35.5. The first-order valence-corrected chi connectivity index (χ1v) is 11.3. The zero-order valence-corrected chi connectivity index (χ0v) is 18.9. The van der Waals surface area contributed by atoms with Crippen molar-refractivity contribution >= 4 is 19.3 Å². The molecule has 4 heteroatoms. The van der Waals surface area contributed by atoms with Crippen molar-refractivity contribution in [2.24, 2.45) is 0 Å². The van der Waals surface area contributed by atoms with Gasteiger partial charge in [0.05, 0.1) is 11.1 Å². The Hall–Kier alpha value is -1.97. The summed E-state index contributed by atoms with van der Waals surface area (Å²) in [5.41, 5.74) is 4.00. The van der Waals surface area contributed by atoms with Crippen LogP contribution in [0.2, 0.25) is 0 Å². The van der Waals surface area contributed by atoms with Gasteiger partial charge >= 0.3 is 7.69 Å². The number of halogens is 1. The van der Waals surface area contributed by atoms with Crippen LogP contribution in [0.25, 0.3) is 0 Å². The van der Waals surface area contributed by atoms with Gasteiger partial charge < -0.3 is 9.68 Å². The van der Waals surface area contributed by atoms with Crippen LogP contribution >= 0.6 is 11.6 Å². The van der Waals surface area contributed by atoms with E-state index < -0.39 is 0 Å². The summed E-state index contributed by atoms with van der Waals surface area (Å²) in [6, 6.07) is 16.3. The number of hydrogen-bond donors (Lipinski definition) is 1. The topological polar surface area (TPSA) is 29.5 Å². The Bertz CT molecular complexity index is 769. The molecule has 1 radical (unpaired) electrons. The van der Waals surface area contributed by atoms with E-state index in [2.05, 4.69) is 55.5 Å². The summed E-state index contributed by atoms with van der Waals surface area (Å²) in [5, 5.41) is 8.57. The first-order chi connectivity index (χ1) is 14.6. The molecule has 2 aromatic rings. The van der Waals surface area contributed by atoms with E-state index in [-0.39, 0.29) is 0 Å². The van der Waals surface area contributed by atoms with Gasteiger partial charge in [0, 0.05) is 5.92 Å². The Labute approximate surface area is 187 Å². The van der Waals surface area contributed by atoms with Crippen molar-refractivity contribution in [1.82, 2.24) is 0 Å². The summed E-state index contributed by atoms with van der Waals surface area (Å²) in [5.74, 6) is 1.32. The van der Waals surface area contributed by atoms with E-state index in [1.54, 1.807) is 12.1 Å². The van der Waals surface area contributed by atoms with E-state index in [0.29, 0.717) is 24.7 Å². The highest BCUT2D eigenvalue weighted by molar-refractivity contribution is 6.21. The predicted molar refractivity (Wildman–Crippen MR) is 129 cm³/mol. The lowest BCUT2D eigenvalue weighted by atomic mass is 9.89. The zero-order valence-electron chi connectivity index (χ0n) is 18.1. The number of allylic oxidation sites excluding steroid dienone is 4. The molecule has 2 aromatic carbocycles. The molecule has 0 heterocycles. The molecule has 0 saturated carbocycles. The Kier molecular flexibility index (Phi) is 11.4. The van der Waals surface area contributed by atoms with Gasteiger partial charge in [-0.3, -0.25) is 0 Å². The van der Waals surface area contributed by atoms with Gasteiger partial charge in [-0.1, -0.05) is 71.8 Å². The van der Waals surface area contributed by atoms with Crippen LogP contribution in [0, 0.1) is 13.8 Å². The smallest absolute Gasteiger partial charge is 0.537 e. The number of aryl methyl sites for hydroxylation is 2. The lowest BCUT2D eigenvalue weighted by molar-refractivity contribution is 0.454. The largest absolute Gasteiger partial charge is 0.569 e. The fourth-order valence-electron chi connectivity index (χ4n) is 3.35. The number of alkyl halides is 1. The monoisotopic (exact) mass is 423 g/mol. The van der Waals surface area contributed by atoms with Crippen molar-refractivity contribution in [3.05, 3.63) is 89.5 Å². The van der Waals surface area contributed by atoms with Crippen LogP contribution in [0.4, 0.5) is 0 Å². The predicted octanol–water partition coefficient (Wildman–Crippen LogP) is 7.05. The molecule has 2 atom stereocenters. The summed E-state index contributed by atoms with van der Waals surface area (Å²) >= 11 is 5.73. The van der Waals surface area contributed by atoms with Gasteiger partial charge in [0.15, 0.2) is 0 Å². The summed E-state index contributed by atoms with van der Waals surface area (Å²) < 4.78 is 4.69. The minimum Gasteiger partial charge on any atom is -0.537 e. The summed E-state index contributed by atoms with van der Waals surface area (Å²) in [4.78, 5) is 0. The lowest BCUT2D eigenvalue weighted by Gasteiger charge is -2.16. The van der Waals surface area contributed by atoms with Gasteiger partial charge in [-0.2, -0.15) is 0 Å². The second-order valence-electron chi connectivity index (χ2n) is 7.79. The molecule has 0 aromatic heterocycles. The second kappa shape index (κ2) is 14.1. The Morgan fingerprint density at radius 2 is 1.40 bits per heavy atom. The van der Waals surface area contributed by atoms with Crippen molar-refractivity contribution in [2.75, 3.05) is 0 Å². The third-order valence-corrected chi connectivity index (χ3v) is 5.53. The normalized spacial score (nSPS) is 19.6. The molecule has 0 spiro atoms. The van der Waals surface area contributed by atoms with Gasteiger partial charge in [0.25, 0.3) is 0 Å². The molecule has 159 valence electrons. The molecule has 0 aliphatic heterocycles. The van der Waals surface area contributed by atoms with Crippen LogP contribution in [-0.4, -0.2) is 18.1 Å². The van der Waals surface area contributed by atoms with Crippen molar-refractivity contribution < 1.29 is 9.68 Å². The summed E-state index contributed by atoms with van der Waals surface area (Å²) in [7, 11) is 0.671. The van der Waals surface area contributed by atoms with Crippen molar-refractivity contribution in [1.29, 1.82) is 0 Å². The maximum absolute atomic E-state index is 8.24. The third-order valence-electron chi connectivity index (χ3n) is 5.17. The van der Waals surface area contributed by atoms with E-state index in [9.17, 15) is 0 Å². The van der Waals surface area contributed by atoms with Gasteiger partial charge in [0.1, 0.15) is 0 Å². The Morgan fingerprint density at radius 1 is 0.833 bits per heavy atom. The average molecular weight is 424 g/mol. The SMILES string of the molecule is Cc1ccc(O[B]O)cc1.Cc1ccc([C@@H]2C=CCCC2)cc1.ClC1C=CCCC1. The molecule has 1 N–H and O–H groups in total. The van der Waals surface area contributed by atoms with Crippen LogP contribution in [0.15, 0.2) is 72.8 Å². The van der Waals surface area contributed by atoms with E-state index in [1.165, 1.54) is 48.8 Å². The van der Waals surface area contributed by atoms with Crippen molar-refractivity contribution in [2.45, 2.75) is 63.7 Å². The number of hydrogen-bond acceptors (Lipinski definition) is 2. The van der Waals surface area contributed by atoms with Crippen LogP contribution in [0.3, 0.4) is 0 Å². The van der Waals surface area contributed by atoms with Crippen LogP contribution < -0.4 is 4.65 Å². The van der Waals surface area contributed by atoms with E-state index in [1.807, 2.05) is 19.1 Å². The first-order valence-electron chi connectivity index (χ1n) is 10.8. The van der Waals surface area contributed by atoms with Crippen LogP contribution in [-0.2, 0) is 0 Å². The van der Waals surface area contributed by atoms with Gasteiger partial charge in [-0.25, -0.2) is 0 Å². The second-order valence-corrected chi connectivity index (χ2v) is 8.35. The Morgan fingerprint density at radius 3 is 1.83 bits per heavy atom. The molecule has 30 heavy (non-hydrogen) atoms. The quantitative estimate of drug-likeness (QED) is 0.325. The van der Waals surface area contributed by atoms with Crippen molar-refractivity contribution in [3.63, 3.8) is 0 Å². The third kappa shape index (κ3) is 9.69. The van der Waals surface area contributed by atoms with E-state index in [0.717, 1.165) is 6.42 Å². The van der Waals surface area contributed by atoms with E-state index in [4.69, 9.17) is 21.3 Å². The van der Waals surface area contributed by atoms with Crippen LogP contribution in [0.1, 0.15) is 61.1 Å². The van der Waals surface area contributed by atoms with Gasteiger partial charge in [0.2, 0.25) is 0 Å². The highest BCUT2D eigenvalue weighted by Gasteiger charge is 2.09. The summed E-state index contributed by atoms with van der Waals surface area (Å²) in [6.45, 7) is 4.13. The maximum atomic E-state index is 8.24. The van der Waals surface area contributed by atoms with Crippen LogP contribution in [0.5, 0.6) is 5.75 Å². The van der Waals surface area contributed by atoms with E-state index >= 15 is 0 Å². The standard InChI is InChI=1S/C13H16.C7H8BO2.C6H9Cl/c1-11-7-9-13(10-8-11)12-5-3-2-4-6-12;1-6-2-4-7(5-3-6)10-8-9;7-6-4-2-1-3-5-6/h3,5,7-10,12H,2,4,6H2,1H3;2-5,9H,1H3;2,4,6H,1,3,5H2/t12-;;/m1../s1. The molecule has 0 bridgehead atoms. The summed E-state index contributed by atoms with van der Waals surface area (Å²) in [6.07, 6.45) is 16.5. The van der Waals surface area contributed by atoms with Crippen molar-refractivity contribution in [3.8, 4) is 5.75 Å². The molecule has 2 aliphatic rings. The highest BCUT2D eigenvalue weighted by Crippen LogP contribution is 2.27. The average Bonchev–Trinajstić information content (AvgIpc) is 2.78. The molecular formula is C26H33BClO2. The zero-order chi connectivity index (χ0) is 21.6. The minimum absolute atomic E-state index is 0.328. The molecule has 2 aliphatic carbocycles. The molecular weight excluding hydrogens is 391 g/mol. The fourth-order valence-corrected chi connectivity index (χ4v) is 3.61. The first kappa shape index (κ1) is 24.3. The number of rotatable bonds is 3. The number of benzene rings is 2. The molecule has 2 nitrogen and oxygen atoms in total. The lowest BCUT2D eigenvalue weighted by Crippen LogP contribution is -1.99. The minimum atomic E-state index is 0.328. The maximum Gasteiger partial charge on any atom is 0.569 e. The molecule has 0 fully saturated rings. The molecule has 0 saturated heterocycles.